The lowest BCUT2D eigenvalue weighted by molar-refractivity contribution is 0.552. The summed E-state index contributed by atoms with van der Waals surface area (Å²) in [7, 11) is -0.320. The van der Waals surface area contributed by atoms with E-state index in [1.54, 1.807) is 5.30 Å². The standard InChI is InChI=1S/C22H33P/c1-20(2,3)16-14-17(21(4,5)6)19(23-12-10-11-13-23)18(15-16)22(7,8)9/h10-15H,1-9H3. The number of hydrogen-bond acceptors (Lipinski definition) is 0. The van der Waals surface area contributed by atoms with Crippen molar-refractivity contribution in [3.05, 3.63) is 52.6 Å². The van der Waals surface area contributed by atoms with Gasteiger partial charge >= 0.3 is 0 Å². The predicted molar refractivity (Wildman–Crippen MR) is 107 cm³/mol. The Morgan fingerprint density at radius 3 is 1.30 bits per heavy atom. The van der Waals surface area contributed by atoms with Gasteiger partial charge in [-0.25, -0.2) is 0 Å². The molecule has 0 radical (unpaired) electrons. The van der Waals surface area contributed by atoms with Gasteiger partial charge in [0.15, 0.2) is 0 Å². The lowest BCUT2D eigenvalue weighted by Crippen LogP contribution is -2.22. The van der Waals surface area contributed by atoms with Crippen LogP contribution < -0.4 is 0 Å². The summed E-state index contributed by atoms with van der Waals surface area (Å²) in [5.74, 6) is 4.79. The molecule has 0 atom stereocenters. The minimum Gasteiger partial charge on any atom is -0.0928 e. The quantitative estimate of drug-likeness (QED) is 0.507. The molecular weight excluding hydrogens is 295 g/mol. The zero-order chi connectivity index (χ0) is 17.6. The van der Waals surface area contributed by atoms with Crippen LogP contribution in [0.15, 0.2) is 35.9 Å². The van der Waals surface area contributed by atoms with Crippen LogP contribution in [-0.2, 0) is 16.2 Å². The smallest absolute Gasteiger partial charge is 0.00531 e. The first-order chi connectivity index (χ1) is 10.3. The minimum absolute atomic E-state index is 0.156. The minimum atomic E-state index is -0.320. The van der Waals surface area contributed by atoms with Crippen molar-refractivity contribution in [2.45, 2.75) is 78.6 Å². The van der Waals surface area contributed by atoms with Gasteiger partial charge in [-0.2, -0.15) is 0 Å². The van der Waals surface area contributed by atoms with Crippen molar-refractivity contribution < 1.29 is 0 Å². The van der Waals surface area contributed by atoms with Crippen LogP contribution in [0, 0.1) is 0 Å². The zero-order valence-electron chi connectivity index (χ0n) is 16.4. The van der Waals surface area contributed by atoms with Gasteiger partial charge in [-0.15, -0.1) is 0 Å². The molecule has 23 heavy (non-hydrogen) atoms. The van der Waals surface area contributed by atoms with Crippen molar-refractivity contribution in [2.75, 3.05) is 0 Å². The van der Waals surface area contributed by atoms with Crippen LogP contribution in [0.25, 0.3) is 5.30 Å². The Kier molecular flexibility index (Phi) is 4.64. The molecule has 0 aliphatic heterocycles. The molecule has 1 heterocycles. The Morgan fingerprint density at radius 1 is 0.609 bits per heavy atom. The Hall–Kier alpha value is -1.00. The first kappa shape index (κ1) is 18.3. The molecular formula is C22H33P. The lowest BCUT2D eigenvalue weighted by atomic mass is 9.75. The van der Waals surface area contributed by atoms with Crippen molar-refractivity contribution in [2.24, 2.45) is 0 Å². The summed E-state index contributed by atoms with van der Waals surface area (Å²) in [6, 6.07) is 9.38. The second-order valence-electron chi connectivity index (χ2n) is 9.76. The van der Waals surface area contributed by atoms with E-state index in [2.05, 4.69) is 98.2 Å². The summed E-state index contributed by atoms with van der Waals surface area (Å²) in [4.78, 5) is 0. The third kappa shape index (κ3) is 3.92. The van der Waals surface area contributed by atoms with E-state index >= 15 is 0 Å². The molecule has 0 spiro atoms. The highest BCUT2D eigenvalue weighted by molar-refractivity contribution is 7.56. The van der Waals surface area contributed by atoms with E-state index in [9.17, 15) is 0 Å². The molecule has 0 N–H and O–H groups in total. The number of hydrogen-bond donors (Lipinski definition) is 0. The van der Waals surface area contributed by atoms with Crippen LogP contribution in [0.1, 0.15) is 79.0 Å². The number of benzene rings is 1. The molecule has 0 unspecified atom stereocenters. The van der Waals surface area contributed by atoms with Gasteiger partial charge in [0.05, 0.1) is 0 Å². The topological polar surface area (TPSA) is 0 Å². The van der Waals surface area contributed by atoms with Gasteiger partial charge in [0.1, 0.15) is 0 Å². The molecule has 0 bridgehead atoms. The van der Waals surface area contributed by atoms with Gasteiger partial charge in [0, 0.05) is 5.30 Å². The van der Waals surface area contributed by atoms with Crippen LogP contribution in [-0.4, -0.2) is 0 Å². The van der Waals surface area contributed by atoms with Crippen LogP contribution in [0.4, 0.5) is 0 Å². The molecule has 0 amide bonds. The molecule has 0 saturated heterocycles. The molecule has 1 aromatic carbocycles. The molecule has 0 fully saturated rings. The van der Waals surface area contributed by atoms with Gasteiger partial charge in [0.2, 0.25) is 0 Å². The number of rotatable bonds is 1. The SMILES string of the molecule is CC(C)(C)c1cc(C(C)(C)C)c(-p2cccc2)c(C(C)(C)C)c1. The molecule has 1 heteroatoms. The highest BCUT2D eigenvalue weighted by atomic mass is 31.1. The predicted octanol–water partition coefficient (Wildman–Crippen LogP) is 7.55. The van der Waals surface area contributed by atoms with Crippen molar-refractivity contribution >= 4 is 7.53 Å². The molecule has 0 saturated carbocycles. The third-order valence-electron chi connectivity index (χ3n) is 4.45. The summed E-state index contributed by atoms with van der Waals surface area (Å²) >= 11 is 0. The Morgan fingerprint density at radius 2 is 1.00 bits per heavy atom. The lowest BCUT2D eigenvalue weighted by Gasteiger charge is -2.33. The summed E-state index contributed by atoms with van der Waals surface area (Å²) in [5, 5.41) is 1.58. The summed E-state index contributed by atoms with van der Waals surface area (Å²) in [5.41, 5.74) is 4.99. The third-order valence-corrected chi connectivity index (χ3v) is 6.44. The molecule has 126 valence electrons. The Bertz CT molecular complexity index is 633. The maximum absolute atomic E-state index is 2.48. The van der Waals surface area contributed by atoms with Gasteiger partial charge < -0.3 is 0 Å². The average molecular weight is 328 g/mol. The van der Waals surface area contributed by atoms with E-state index in [1.165, 1.54) is 16.7 Å². The summed E-state index contributed by atoms with van der Waals surface area (Å²) < 4.78 is 0. The van der Waals surface area contributed by atoms with E-state index in [1.807, 2.05) is 0 Å². The molecule has 2 rings (SSSR count). The van der Waals surface area contributed by atoms with Gasteiger partial charge in [-0.1, -0.05) is 94.1 Å². The van der Waals surface area contributed by atoms with Gasteiger partial charge in [-0.3, -0.25) is 0 Å². The fourth-order valence-electron chi connectivity index (χ4n) is 2.97. The van der Waals surface area contributed by atoms with E-state index in [0.717, 1.165) is 0 Å². The highest BCUT2D eigenvalue weighted by Gasteiger charge is 2.29. The first-order valence-electron chi connectivity index (χ1n) is 8.64. The largest absolute Gasteiger partial charge is 0.0928 e. The Labute approximate surface area is 144 Å². The monoisotopic (exact) mass is 328 g/mol. The summed E-state index contributed by atoms with van der Waals surface area (Å²) in [6.07, 6.45) is 0. The average Bonchev–Trinajstić information content (AvgIpc) is 2.87. The maximum Gasteiger partial charge on any atom is 0.00531 e. The van der Waals surface area contributed by atoms with E-state index in [-0.39, 0.29) is 23.8 Å². The normalized spacial score (nSPS) is 13.4. The van der Waals surface area contributed by atoms with Crippen LogP contribution in [0.5, 0.6) is 0 Å². The Balaban J connectivity index is 2.92. The van der Waals surface area contributed by atoms with Gasteiger partial charge in [0.25, 0.3) is 0 Å². The van der Waals surface area contributed by atoms with E-state index in [4.69, 9.17) is 0 Å². The van der Waals surface area contributed by atoms with Crippen molar-refractivity contribution in [3.63, 3.8) is 0 Å². The molecule has 1 aromatic heterocycles. The maximum atomic E-state index is 2.48. The molecule has 0 aliphatic carbocycles. The fourth-order valence-corrected chi connectivity index (χ4v) is 5.30. The highest BCUT2D eigenvalue weighted by Crippen LogP contribution is 2.51. The molecule has 0 aliphatic rings. The second-order valence-corrected chi connectivity index (χ2v) is 11.6. The molecule has 2 aromatic rings. The zero-order valence-corrected chi connectivity index (χ0v) is 17.3. The van der Waals surface area contributed by atoms with Crippen molar-refractivity contribution in [1.82, 2.24) is 0 Å². The first-order valence-corrected chi connectivity index (χ1v) is 10.1. The van der Waals surface area contributed by atoms with Crippen LogP contribution in [0.3, 0.4) is 0 Å². The second kappa shape index (κ2) is 5.82. The van der Waals surface area contributed by atoms with Crippen LogP contribution in [0.2, 0.25) is 0 Å². The molecule has 0 nitrogen and oxygen atoms in total. The fraction of sp³-hybridized carbons (Fsp3) is 0.545. The summed E-state index contributed by atoms with van der Waals surface area (Å²) in [6.45, 7) is 21.1. The van der Waals surface area contributed by atoms with E-state index < -0.39 is 0 Å². The van der Waals surface area contributed by atoms with Crippen LogP contribution >= 0.6 is 7.53 Å². The van der Waals surface area contributed by atoms with Crippen molar-refractivity contribution in [3.8, 4) is 5.30 Å². The van der Waals surface area contributed by atoms with Crippen molar-refractivity contribution in [1.29, 1.82) is 0 Å². The van der Waals surface area contributed by atoms with Gasteiger partial charge in [-0.05, 0) is 44.5 Å². The van der Waals surface area contributed by atoms with E-state index in [0.29, 0.717) is 0 Å².